The smallest absolute Gasteiger partial charge is 0.233 e. The minimum atomic E-state index is 0.102. The highest BCUT2D eigenvalue weighted by Gasteiger charge is 2.18. The molecule has 4 rings (SSSR count). The highest BCUT2D eigenvalue weighted by Crippen LogP contribution is 2.23. The molecule has 0 spiro atoms. The molecule has 0 saturated heterocycles. The Kier molecular flexibility index (Phi) is 7.34. The molecule has 6 nitrogen and oxygen atoms in total. The van der Waals surface area contributed by atoms with Gasteiger partial charge in [0.2, 0.25) is 5.91 Å². The maximum atomic E-state index is 13.2. The quantitative estimate of drug-likeness (QED) is 0.339. The van der Waals surface area contributed by atoms with Gasteiger partial charge in [-0.15, -0.1) is 21.5 Å². The molecule has 0 saturated carbocycles. The number of thioether (sulfide) groups is 1. The average Bonchev–Trinajstić information content (AvgIpc) is 3.41. The number of carbonyl (C=O) groups excluding carboxylic acids is 1. The minimum absolute atomic E-state index is 0.102. The number of amides is 1. The fourth-order valence-corrected chi connectivity index (χ4v) is 5.09. The summed E-state index contributed by atoms with van der Waals surface area (Å²) in [5.41, 5.74) is 2.18. The van der Waals surface area contributed by atoms with Crippen molar-refractivity contribution in [1.82, 2.24) is 24.6 Å². The van der Waals surface area contributed by atoms with Crippen LogP contribution in [0.3, 0.4) is 0 Å². The summed E-state index contributed by atoms with van der Waals surface area (Å²) in [5.74, 6) is 1.18. The number of rotatable bonds is 9. The number of hydrogen-bond donors (Lipinski definition) is 0. The number of nitrogens with zero attached hydrogens (tertiary/aromatic N) is 5. The van der Waals surface area contributed by atoms with Crippen LogP contribution in [0, 0.1) is 6.92 Å². The molecule has 0 N–H and O–H groups in total. The number of benzene rings is 1. The molecule has 1 aromatic carbocycles. The van der Waals surface area contributed by atoms with E-state index >= 15 is 0 Å². The Labute approximate surface area is 196 Å². The van der Waals surface area contributed by atoms with Gasteiger partial charge in [0.25, 0.3) is 0 Å². The van der Waals surface area contributed by atoms with E-state index in [1.54, 1.807) is 23.7 Å². The van der Waals surface area contributed by atoms with Crippen molar-refractivity contribution in [2.75, 3.05) is 12.3 Å². The van der Waals surface area contributed by atoms with Crippen molar-refractivity contribution in [2.45, 2.75) is 25.0 Å². The topological polar surface area (TPSA) is 63.9 Å². The molecule has 0 unspecified atom stereocenters. The van der Waals surface area contributed by atoms with Crippen molar-refractivity contribution < 1.29 is 4.79 Å². The van der Waals surface area contributed by atoms with Crippen LogP contribution in [0.4, 0.5) is 0 Å². The summed E-state index contributed by atoms with van der Waals surface area (Å²) in [6.07, 6.45) is 4.30. The lowest BCUT2D eigenvalue weighted by Crippen LogP contribution is -2.33. The summed E-state index contributed by atoms with van der Waals surface area (Å²) in [7, 11) is 1.92. The zero-order valence-electron chi connectivity index (χ0n) is 18.1. The van der Waals surface area contributed by atoms with Gasteiger partial charge in [-0.2, -0.15) is 0 Å². The van der Waals surface area contributed by atoms with Crippen molar-refractivity contribution in [3.8, 4) is 11.4 Å². The molecule has 0 aliphatic rings. The number of hydrogen-bond acceptors (Lipinski definition) is 6. The Bertz CT molecular complexity index is 1160. The van der Waals surface area contributed by atoms with E-state index in [0.717, 1.165) is 23.0 Å². The fourth-order valence-electron chi connectivity index (χ4n) is 3.37. The van der Waals surface area contributed by atoms with Gasteiger partial charge in [-0.25, -0.2) is 0 Å². The van der Waals surface area contributed by atoms with Gasteiger partial charge < -0.3 is 9.47 Å². The zero-order chi connectivity index (χ0) is 22.3. The highest BCUT2D eigenvalue weighted by molar-refractivity contribution is 7.99. The van der Waals surface area contributed by atoms with Gasteiger partial charge in [0.1, 0.15) is 0 Å². The molecule has 3 aromatic heterocycles. The molecule has 3 heterocycles. The SMILES string of the molecule is Cc1ccc(CN(CCc2ccccc2)C(=O)CSc2nnc(-c3ccncc3)n2C)s1. The van der Waals surface area contributed by atoms with E-state index in [2.05, 4.69) is 46.4 Å². The molecule has 0 fully saturated rings. The van der Waals surface area contributed by atoms with E-state index in [-0.39, 0.29) is 5.91 Å². The third-order valence-corrected chi connectivity index (χ3v) is 7.10. The molecule has 164 valence electrons. The van der Waals surface area contributed by atoms with Gasteiger partial charge in [0, 0.05) is 41.3 Å². The van der Waals surface area contributed by atoms with Crippen LogP contribution < -0.4 is 0 Å². The van der Waals surface area contributed by atoms with Crippen molar-refractivity contribution in [2.24, 2.45) is 7.05 Å². The van der Waals surface area contributed by atoms with Gasteiger partial charge >= 0.3 is 0 Å². The highest BCUT2D eigenvalue weighted by atomic mass is 32.2. The summed E-state index contributed by atoms with van der Waals surface area (Å²) in [4.78, 5) is 21.6. The van der Waals surface area contributed by atoms with Gasteiger partial charge in [-0.05, 0) is 43.2 Å². The van der Waals surface area contributed by atoms with E-state index in [1.807, 2.05) is 46.8 Å². The normalized spacial score (nSPS) is 10.9. The van der Waals surface area contributed by atoms with Gasteiger partial charge in [-0.1, -0.05) is 42.1 Å². The molecule has 4 aromatic rings. The standard InChI is InChI=1S/C24H25N5OS2/c1-18-8-9-21(32-18)16-29(15-12-19-6-4-3-5-7-19)22(30)17-31-24-27-26-23(28(24)2)20-10-13-25-14-11-20/h3-11,13-14H,12,15-17H2,1-2H3. The van der Waals surface area contributed by atoms with Crippen molar-refractivity contribution >= 4 is 29.0 Å². The zero-order valence-corrected chi connectivity index (χ0v) is 19.8. The van der Waals surface area contributed by atoms with E-state index in [4.69, 9.17) is 0 Å². The van der Waals surface area contributed by atoms with Crippen LogP contribution in [-0.4, -0.2) is 42.9 Å². The molecule has 0 aliphatic carbocycles. The third kappa shape index (κ3) is 5.63. The van der Waals surface area contributed by atoms with Crippen LogP contribution in [0.5, 0.6) is 0 Å². The predicted molar refractivity (Wildman–Crippen MR) is 130 cm³/mol. The number of aryl methyl sites for hydroxylation is 1. The van der Waals surface area contributed by atoms with Gasteiger partial charge in [0.05, 0.1) is 12.3 Å². The Balaban J connectivity index is 1.43. The van der Waals surface area contributed by atoms with E-state index in [1.165, 1.54) is 27.1 Å². The van der Waals surface area contributed by atoms with Crippen LogP contribution in [0.25, 0.3) is 11.4 Å². The first-order chi connectivity index (χ1) is 15.6. The molecule has 8 heteroatoms. The third-order valence-electron chi connectivity index (χ3n) is 5.11. The molecule has 0 aliphatic heterocycles. The lowest BCUT2D eigenvalue weighted by molar-refractivity contribution is -0.128. The first kappa shape index (κ1) is 22.2. The van der Waals surface area contributed by atoms with Crippen LogP contribution >= 0.6 is 23.1 Å². The van der Waals surface area contributed by atoms with Crippen molar-refractivity contribution in [3.63, 3.8) is 0 Å². The maximum absolute atomic E-state index is 13.2. The first-order valence-corrected chi connectivity index (χ1v) is 12.2. The second kappa shape index (κ2) is 10.6. The van der Waals surface area contributed by atoms with E-state index < -0.39 is 0 Å². The van der Waals surface area contributed by atoms with Crippen LogP contribution in [0.2, 0.25) is 0 Å². The fraction of sp³-hybridized carbons (Fsp3) is 0.250. The Hall–Kier alpha value is -2.97. The Morgan fingerprint density at radius 1 is 1.06 bits per heavy atom. The van der Waals surface area contributed by atoms with E-state index in [9.17, 15) is 4.79 Å². The predicted octanol–water partition coefficient (Wildman–Crippen LogP) is 4.61. The number of thiophene rings is 1. The van der Waals surface area contributed by atoms with Crippen molar-refractivity contribution in [1.29, 1.82) is 0 Å². The number of pyridine rings is 1. The largest absolute Gasteiger partial charge is 0.336 e. The summed E-state index contributed by atoms with van der Waals surface area (Å²) < 4.78 is 1.92. The molecule has 32 heavy (non-hydrogen) atoms. The first-order valence-electron chi connectivity index (χ1n) is 10.4. The molecular weight excluding hydrogens is 438 g/mol. The molecule has 0 radical (unpaired) electrons. The van der Waals surface area contributed by atoms with Crippen LogP contribution in [0.1, 0.15) is 15.3 Å². The Morgan fingerprint density at radius 3 is 2.56 bits per heavy atom. The second-order valence-electron chi connectivity index (χ2n) is 7.45. The number of carbonyl (C=O) groups is 1. The summed E-state index contributed by atoms with van der Waals surface area (Å²) in [6.45, 7) is 3.40. The van der Waals surface area contributed by atoms with Crippen LogP contribution in [0.15, 0.2) is 72.1 Å². The van der Waals surface area contributed by atoms with Gasteiger partial charge in [-0.3, -0.25) is 9.78 Å². The lowest BCUT2D eigenvalue weighted by Gasteiger charge is -2.22. The van der Waals surface area contributed by atoms with Crippen molar-refractivity contribution in [3.05, 3.63) is 82.3 Å². The summed E-state index contributed by atoms with van der Waals surface area (Å²) >= 11 is 3.16. The summed E-state index contributed by atoms with van der Waals surface area (Å²) in [5, 5.41) is 9.31. The number of aromatic nitrogens is 4. The average molecular weight is 464 g/mol. The molecule has 1 amide bonds. The minimum Gasteiger partial charge on any atom is -0.336 e. The molecule has 0 bridgehead atoms. The van der Waals surface area contributed by atoms with Gasteiger partial charge in [0.15, 0.2) is 11.0 Å². The lowest BCUT2D eigenvalue weighted by atomic mass is 10.1. The summed E-state index contributed by atoms with van der Waals surface area (Å²) in [6, 6.07) is 18.3. The van der Waals surface area contributed by atoms with E-state index in [0.29, 0.717) is 18.8 Å². The maximum Gasteiger partial charge on any atom is 0.233 e. The molecular formula is C24H25N5OS2. The second-order valence-corrected chi connectivity index (χ2v) is 9.77. The van der Waals surface area contributed by atoms with Crippen LogP contribution in [-0.2, 0) is 24.8 Å². The Morgan fingerprint density at radius 2 is 1.84 bits per heavy atom. The monoisotopic (exact) mass is 463 g/mol. The molecule has 0 atom stereocenters.